The number of carbonyl (C=O) groups is 1. The summed E-state index contributed by atoms with van der Waals surface area (Å²) in [5.74, 6) is 0.665. The van der Waals surface area contributed by atoms with Gasteiger partial charge >= 0.3 is 6.03 Å². The van der Waals surface area contributed by atoms with E-state index < -0.39 is 0 Å². The average Bonchev–Trinajstić information content (AvgIpc) is 3.09. The summed E-state index contributed by atoms with van der Waals surface area (Å²) in [7, 11) is 0. The maximum Gasteiger partial charge on any atom is 0.319 e. The van der Waals surface area contributed by atoms with Crippen molar-refractivity contribution in [2.75, 3.05) is 5.32 Å². The van der Waals surface area contributed by atoms with E-state index in [4.69, 9.17) is 0 Å². The Morgan fingerprint density at radius 2 is 1.96 bits per heavy atom. The summed E-state index contributed by atoms with van der Waals surface area (Å²) in [6.07, 6.45) is 2.56. The fraction of sp³-hybridized carbons (Fsp3) is 0.167. The van der Waals surface area contributed by atoms with Crippen LogP contribution in [-0.2, 0) is 13.0 Å². The van der Waals surface area contributed by atoms with Crippen LogP contribution in [0, 0.1) is 0 Å². The zero-order chi connectivity index (χ0) is 16.8. The molecule has 1 aromatic heterocycles. The van der Waals surface area contributed by atoms with E-state index in [9.17, 15) is 4.79 Å². The number of benzene rings is 2. The number of nitrogens with zero attached hydrogens (tertiary/aromatic N) is 3. The lowest BCUT2D eigenvalue weighted by Crippen LogP contribution is -2.29. The van der Waals surface area contributed by atoms with Crippen LogP contribution in [0.2, 0.25) is 0 Å². The quantitative estimate of drug-likeness (QED) is 0.758. The summed E-state index contributed by atoms with van der Waals surface area (Å²) >= 11 is 0. The van der Waals surface area contributed by atoms with Crippen LogP contribution in [0.1, 0.15) is 18.3 Å². The third-order valence-electron chi connectivity index (χ3n) is 3.65. The fourth-order valence-corrected chi connectivity index (χ4v) is 2.39. The van der Waals surface area contributed by atoms with Crippen LogP contribution in [0.3, 0.4) is 0 Å². The van der Waals surface area contributed by atoms with Crippen molar-refractivity contribution < 1.29 is 4.79 Å². The molecule has 122 valence electrons. The van der Waals surface area contributed by atoms with Crippen molar-refractivity contribution in [2.24, 2.45) is 0 Å². The molecule has 0 fully saturated rings. The van der Waals surface area contributed by atoms with Gasteiger partial charge in [-0.05, 0) is 36.2 Å². The van der Waals surface area contributed by atoms with E-state index >= 15 is 0 Å². The number of hydrogen-bond acceptors (Lipinski definition) is 3. The van der Waals surface area contributed by atoms with Crippen molar-refractivity contribution in [3.63, 3.8) is 0 Å². The van der Waals surface area contributed by atoms with E-state index in [2.05, 4.69) is 27.8 Å². The zero-order valence-corrected chi connectivity index (χ0v) is 13.4. The summed E-state index contributed by atoms with van der Waals surface area (Å²) < 4.78 is 1.85. The van der Waals surface area contributed by atoms with E-state index in [1.54, 1.807) is 6.33 Å². The molecule has 0 atom stereocenters. The van der Waals surface area contributed by atoms with Gasteiger partial charge in [0, 0.05) is 11.4 Å². The van der Waals surface area contributed by atoms with E-state index in [-0.39, 0.29) is 12.6 Å². The molecule has 2 amide bonds. The zero-order valence-electron chi connectivity index (χ0n) is 13.4. The predicted octanol–water partition coefficient (Wildman–Crippen LogP) is 3.15. The first-order valence-electron chi connectivity index (χ1n) is 7.84. The van der Waals surface area contributed by atoms with Gasteiger partial charge in [-0.1, -0.05) is 37.3 Å². The van der Waals surface area contributed by atoms with Gasteiger partial charge in [-0.25, -0.2) is 4.79 Å². The molecule has 0 aliphatic rings. The highest BCUT2D eigenvalue weighted by Gasteiger charge is 2.08. The highest BCUT2D eigenvalue weighted by molar-refractivity contribution is 5.89. The normalized spacial score (nSPS) is 10.4. The SMILES string of the molecule is CCc1cccc(NC(=O)NCc2nncn2-c2ccccc2)c1. The number of amides is 2. The summed E-state index contributed by atoms with van der Waals surface area (Å²) in [6, 6.07) is 17.3. The molecule has 0 radical (unpaired) electrons. The van der Waals surface area contributed by atoms with Gasteiger partial charge in [0.05, 0.1) is 6.54 Å². The van der Waals surface area contributed by atoms with Gasteiger partial charge in [0.1, 0.15) is 6.33 Å². The molecule has 0 aliphatic heterocycles. The Kier molecular flexibility index (Phi) is 4.86. The molecular weight excluding hydrogens is 302 g/mol. The van der Waals surface area contributed by atoms with E-state index in [0.717, 1.165) is 17.8 Å². The summed E-state index contributed by atoms with van der Waals surface area (Å²) in [5.41, 5.74) is 2.91. The fourth-order valence-electron chi connectivity index (χ4n) is 2.39. The number of carbonyl (C=O) groups excluding carboxylic acids is 1. The summed E-state index contributed by atoms with van der Waals surface area (Å²) in [5, 5.41) is 13.6. The number of rotatable bonds is 5. The first-order chi connectivity index (χ1) is 11.8. The van der Waals surface area contributed by atoms with E-state index in [1.165, 1.54) is 5.56 Å². The highest BCUT2D eigenvalue weighted by atomic mass is 16.2. The Labute approximate surface area is 140 Å². The smallest absolute Gasteiger partial charge is 0.319 e. The molecule has 3 rings (SSSR count). The average molecular weight is 321 g/mol. The number of aryl methyl sites for hydroxylation is 1. The first kappa shape index (κ1) is 15.7. The number of urea groups is 1. The number of hydrogen-bond donors (Lipinski definition) is 2. The van der Waals surface area contributed by atoms with Crippen molar-refractivity contribution >= 4 is 11.7 Å². The van der Waals surface area contributed by atoms with Gasteiger partial charge in [-0.15, -0.1) is 10.2 Å². The summed E-state index contributed by atoms with van der Waals surface area (Å²) in [4.78, 5) is 12.1. The van der Waals surface area contributed by atoms with Crippen LogP contribution in [-0.4, -0.2) is 20.8 Å². The molecular formula is C18H19N5O. The van der Waals surface area contributed by atoms with E-state index in [1.807, 2.05) is 59.2 Å². The van der Waals surface area contributed by atoms with Crippen molar-refractivity contribution in [3.05, 3.63) is 72.3 Å². The van der Waals surface area contributed by atoms with Gasteiger partial charge < -0.3 is 10.6 Å². The van der Waals surface area contributed by atoms with Crippen LogP contribution >= 0.6 is 0 Å². The highest BCUT2D eigenvalue weighted by Crippen LogP contribution is 2.11. The molecule has 1 heterocycles. The van der Waals surface area contributed by atoms with Crippen LogP contribution in [0.25, 0.3) is 5.69 Å². The van der Waals surface area contributed by atoms with Gasteiger partial charge in [0.25, 0.3) is 0 Å². The molecule has 0 aliphatic carbocycles. The van der Waals surface area contributed by atoms with Crippen molar-refractivity contribution in [1.82, 2.24) is 20.1 Å². The third-order valence-corrected chi connectivity index (χ3v) is 3.65. The minimum Gasteiger partial charge on any atom is -0.331 e. The Hall–Kier alpha value is -3.15. The third kappa shape index (κ3) is 3.78. The van der Waals surface area contributed by atoms with Crippen molar-refractivity contribution in [1.29, 1.82) is 0 Å². The van der Waals surface area contributed by atoms with Crippen LogP contribution in [0.5, 0.6) is 0 Å². The molecule has 2 aromatic carbocycles. The number of para-hydroxylation sites is 1. The molecule has 6 nitrogen and oxygen atoms in total. The van der Waals surface area contributed by atoms with Crippen LogP contribution in [0.4, 0.5) is 10.5 Å². The molecule has 6 heteroatoms. The second-order valence-electron chi connectivity index (χ2n) is 5.31. The minimum atomic E-state index is -0.272. The van der Waals surface area contributed by atoms with Crippen LogP contribution in [0.15, 0.2) is 60.9 Å². The molecule has 0 saturated carbocycles. The molecule has 0 unspecified atom stereocenters. The Morgan fingerprint density at radius 3 is 2.75 bits per heavy atom. The Bertz CT molecular complexity index is 813. The minimum absolute atomic E-state index is 0.272. The lowest BCUT2D eigenvalue weighted by Gasteiger charge is -2.09. The topological polar surface area (TPSA) is 71.8 Å². The predicted molar refractivity (Wildman–Crippen MR) is 93.0 cm³/mol. The maximum atomic E-state index is 12.1. The lowest BCUT2D eigenvalue weighted by molar-refractivity contribution is 0.251. The van der Waals surface area contributed by atoms with Crippen LogP contribution < -0.4 is 10.6 Å². The van der Waals surface area contributed by atoms with Gasteiger partial charge in [0.2, 0.25) is 0 Å². The van der Waals surface area contributed by atoms with Gasteiger partial charge in [-0.2, -0.15) is 0 Å². The molecule has 0 saturated heterocycles. The molecule has 0 bridgehead atoms. The number of anilines is 1. The number of nitrogens with one attached hydrogen (secondary N) is 2. The summed E-state index contributed by atoms with van der Waals surface area (Å²) in [6.45, 7) is 2.36. The second-order valence-corrected chi connectivity index (χ2v) is 5.31. The monoisotopic (exact) mass is 321 g/mol. The number of aromatic nitrogens is 3. The lowest BCUT2D eigenvalue weighted by atomic mass is 10.1. The molecule has 2 N–H and O–H groups in total. The maximum absolute atomic E-state index is 12.1. The van der Waals surface area contributed by atoms with Gasteiger partial charge in [-0.3, -0.25) is 4.57 Å². The first-order valence-corrected chi connectivity index (χ1v) is 7.84. The molecule has 3 aromatic rings. The second kappa shape index (κ2) is 7.41. The molecule has 24 heavy (non-hydrogen) atoms. The van der Waals surface area contributed by atoms with Crippen molar-refractivity contribution in [3.8, 4) is 5.69 Å². The largest absolute Gasteiger partial charge is 0.331 e. The van der Waals surface area contributed by atoms with Crippen molar-refractivity contribution in [2.45, 2.75) is 19.9 Å². The van der Waals surface area contributed by atoms with Gasteiger partial charge in [0.15, 0.2) is 5.82 Å². The Morgan fingerprint density at radius 1 is 1.12 bits per heavy atom. The Balaban J connectivity index is 1.62. The van der Waals surface area contributed by atoms with E-state index in [0.29, 0.717) is 5.82 Å². The molecule has 0 spiro atoms. The standard InChI is InChI=1S/C18H19N5O/c1-2-14-7-6-8-15(11-14)21-18(24)19-12-17-22-20-13-23(17)16-9-4-3-5-10-16/h3-11,13H,2,12H2,1H3,(H2,19,21,24).